The van der Waals surface area contributed by atoms with E-state index in [1.54, 1.807) is 0 Å². The lowest BCUT2D eigenvalue weighted by molar-refractivity contribution is -0.113. The maximum Gasteiger partial charge on any atom is 0.234 e. The number of halogens is 1. The molecular formula is C18H18BrNO3S. The molecule has 126 valence electrons. The summed E-state index contributed by atoms with van der Waals surface area (Å²) in [5, 5.41) is 2.91. The van der Waals surface area contributed by atoms with Gasteiger partial charge in [0.2, 0.25) is 5.91 Å². The average Bonchev–Trinajstić information content (AvgIpc) is 2.81. The van der Waals surface area contributed by atoms with E-state index in [9.17, 15) is 4.79 Å². The first-order valence-electron chi connectivity index (χ1n) is 7.70. The largest absolute Gasteiger partial charge is 0.490 e. The number of hydrogen-bond donors (Lipinski definition) is 1. The number of rotatable bonds is 4. The van der Waals surface area contributed by atoms with E-state index in [0.29, 0.717) is 19.0 Å². The first kappa shape index (κ1) is 17.2. The summed E-state index contributed by atoms with van der Waals surface area (Å²) >= 11 is 4.95. The lowest BCUT2D eigenvalue weighted by atomic mass is 10.2. The average molecular weight is 408 g/mol. The van der Waals surface area contributed by atoms with E-state index in [0.717, 1.165) is 38.5 Å². The topological polar surface area (TPSA) is 47.6 Å². The number of aryl methyl sites for hydroxylation is 1. The van der Waals surface area contributed by atoms with Crippen LogP contribution < -0.4 is 14.8 Å². The molecule has 2 aromatic rings. The molecule has 0 unspecified atom stereocenters. The van der Waals surface area contributed by atoms with Crippen molar-refractivity contribution in [3.63, 3.8) is 0 Å². The summed E-state index contributed by atoms with van der Waals surface area (Å²) in [5.74, 6) is 1.82. The number of thioether (sulfide) groups is 1. The van der Waals surface area contributed by atoms with E-state index < -0.39 is 0 Å². The molecule has 6 heteroatoms. The van der Waals surface area contributed by atoms with Gasteiger partial charge < -0.3 is 14.8 Å². The maximum absolute atomic E-state index is 12.1. The van der Waals surface area contributed by atoms with Crippen molar-refractivity contribution in [2.75, 3.05) is 24.3 Å². The number of anilines is 1. The molecule has 4 nitrogen and oxygen atoms in total. The molecule has 1 aliphatic heterocycles. The van der Waals surface area contributed by atoms with Crippen LogP contribution in [-0.4, -0.2) is 24.9 Å². The maximum atomic E-state index is 12.1. The molecule has 0 aliphatic carbocycles. The lowest BCUT2D eigenvalue weighted by Crippen LogP contribution is -2.14. The van der Waals surface area contributed by atoms with Crippen LogP contribution in [0, 0.1) is 6.92 Å². The van der Waals surface area contributed by atoms with Crippen LogP contribution in [0.1, 0.15) is 12.0 Å². The van der Waals surface area contributed by atoms with Gasteiger partial charge in [0.1, 0.15) is 0 Å². The molecule has 0 aromatic heterocycles. The van der Waals surface area contributed by atoms with Gasteiger partial charge in [-0.1, -0.05) is 22.0 Å². The number of ether oxygens (including phenoxy) is 2. The van der Waals surface area contributed by atoms with Crippen molar-refractivity contribution in [1.29, 1.82) is 0 Å². The van der Waals surface area contributed by atoms with Gasteiger partial charge in [0.05, 0.1) is 19.0 Å². The molecule has 0 fully saturated rings. The predicted molar refractivity (Wildman–Crippen MR) is 100 cm³/mol. The monoisotopic (exact) mass is 407 g/mol. The van der Waals surface area contributed by atoms with Crippen LogP contribution in [0.15, 0.2) is 45.8 Å². The summed E-state index contributed by atoms with van der Waals surface area (Å²) in [6.07, 6.45) is 0.881. The Hall–Kier alpha value is -1.66. The van der Waals surface area contributed by atoms with Crippen LogP contribution in [0.3, 0.4) is 0 Å². The number of hydrogen-bond acceptors (Lipinski definition) is 4. The Bertz CT molecular complexity index is 751. The molecule has 1 heterocycles. The Morgan fingerprint density at radius 1 is 1.17 bits per heavy atom. The predicted octanol–water partition coefficient (Wildman–Crippen LogP) is 4.65. The zero-order valence-corrected chi connectivity index (χ0v) is 15.7. The van der Waals surface area contributed by atoms with Gasteiger partial charge in [0.15, 0.2) is 11.5 Å². The number of carbonyl (C=O) groups is 1. The van der Waals surface area contributed by atoms with E-state index >= 15 is 0 Å². The highest BCUT2D eigenvalue weighted by Gasteiger charge is 2.12. The van der Waals surface area contributed by atoms with Gasteiger partial charge in [-0.15, -0.1) is 11.8 Å². The van der Waals surface area contributed by atoms with E-state index in [2.05, 4.69) is 21.2 Å². The quantitative estimate of drug-likeness (QED) is 0.749. The molecule has 0 saturated carbocycles. The highest BCUT2D eigenvalue weighted by atomic mass is 79.9. The molecule has 1 N–H and O–H groups in total. The van der Waals surface area contributed by atoms with Crippen LogP contribution in [0.5, 0.6) is 11.5 Å². The van der Waals surface area contributed by atoms with Gasteiger partial charge in [-0.2, -0.15) is 0 Å². The second-order valence-corrected chi connectivity index (χ2v) is 7.36. The fraction of sp³-hybridized carbons (Fsp3) is 0.278. The fourth-order valence-corrected chi connectivity index (χ4v) is 3.35. The third-order valence-electron chi connectivity index (χ3n) is 3.54. The fourth-order valence-electron chi connectivity index (χ4n) is 2.25. The SMILES string of the molecule is Cc1ccc(NC(=O)CSc2ccc3c(c2)OCCCO3)cc1Br. The van der Waals surface area contributed by atoms with E-state index in [-0.39, 0.29) is 5.91 Å². The van der Waals surface area contributed by atoms with E-state index in [1.807, 2.05) is 43.3 Å². The molecule has 0 atom stereocenters. The standard InChI is InChI=1S/C18H18BrNO3S/c1-12-3-4-13(9-15(12)19)20-18(21)11-24-14-5-6-16-17(10-14)23-8-2-7-22-16/h3-6,9-10H,2,7-8,11H2,1H3,(H,20,21). The first-order chi connectivity index (χ1) is 11.6. The summed E-state index contributed by atoms with van der Waals surface area (Å²) in [4.78, 5) is 13.1. The summed E-state index contributed by atoms with van der Waals surface area (Å²) in [5.41, 5.74) is 1.92. The molecule has 1 amide bonds. The normalized spacial score (nSPS) is 13.2. The van der Waals surface area contributed by atoms with Gasteiger partial charge in [0, 0.05) is 21.5 Å². The van der Waals surface area contributed by atoms with Gasteiger partial charge >= 0.3 is 0 Å². The van der Waals surface area contributed by atoms with Crippen molar-refractivity contribution in [3.05, 3.63) is 46.4 Å². The second-order valence-electron chi connectivity index (χ2n) is 5.46. The van der Waals surface area contributed by atoms with Gasteiger partial charge in [-0.05, 0) is 42.8 Å². The van der Waals surface area contributed by atoms with Crippen LogP contribution in [-0.2, 0) is 4.79 Å². The van der Waals surface area contributed by atoms with Crippen LogP contribution in [0.4, 0.5) is 5.69 Å². The van der Waals surface area contributed by atoms with Crippen molar-refractivity contribution >= 4 is 39.3 Å². The molecule has 0 bridgehead atoms. The Kier molecular flexibility index (Phi) is 5.68. The number of amides is 1. The third-order valence-corrected chi connectivity index (χ3v) is 5.39. The van der Waals surface area contributed by atoms with Gasteiger partial charge in [0.25, 0.3) is 0 Å². The Morgan fingerprint density at radius 3 is 2.75 bits per heavy atom. The molecule has 0 spiro atoms. The Balaban J connectivity index is 1.58. The molecule has 1 aliphatic rings. The van der Waals surface area contributed by atoms with Gasteiger partial charge in [-0.25, -0.2) is 0 Å². The number of nitrogens with one attached hydrogen (secondary N) is 1. The zero-order valence-electron chi connectivity index (χ0n) is 13.3. The Morgan fingerprint density at radius 2 is 1.96 bits per heavy atom. The molecule has 2 aromatic carbocycles. The van der Waals surface area contributed by atoms with Crippen LogP contribution in [0.25, 0.3) is 0 Å². The summed E-state index contributed by atoms with van der Waals surface area (Å²) in [6.45, 7) is 3.34. The van der Waals surface area contributed by atoms with Crippen LogP contribution in [0.2, 0.25) is 0 Å². The van der Waals surface area contributed by atoms with Gasteiger partial charge in [-0.3, -0.25) is 4.79 Å². The minimum absolute atomic E-state index is 0.0390. The van der Waals surface area contributed by atoms with Crippen molar-refractivity contribution in [3.8, 4) is 11.5 Å². The highest BCUT2D eigenvalue weighted by Crippen LogP contribution is 2.33. The van der Waals surface area contributed by atoms with Crippen molar-refractivity contribution in [2.24, 2.45) is 0 Å². The first-order valence-corrected chi connectivity index (χ1v) is 9.48. The van der Waals surface area contributed by atoms with Crippen molar-refractivity contribution < 1.29 is 14.3 Å². The smallest absolute Gasteiger partial charge is 0.234 e. The number of carbonyl (C=O) groups excluding carboxylic acids is 1. The van der Waals surface area contributed by atoms with Crippen LogP contribution >= 0.6 is 27.7 Å². The molecule has 0 saturated heterocycles. The molecule has 24 heavy (non-hydrogen) atoms. The summed E-state index contributed by atoms with van der Waals surface area (Å²) in [6, 6.07) is 11.6. The minimum Gasteiger partial charge on any atom is -0.490 e. The van der Waals surface area contributed by atoms with E-state index in [1.165, 1.54) is 11.8 Å². The Labute approximate surface area is 154 Å². The molecule has 3 rings (SSSR count). The number of fused-ring (bicyclic) bond motifs is 1. The molecular weight excluding hydrogens is 390 g/mol. The summed E-state index contributed by atoms with van der Waals surface area (Å²) < 4.78 is 12.3. The third kappa shape index (κ3) is 4.45. The van der Waals surface area contributed by atoms with E-state index in [4.69, 9.17) is 9.47 Å². The second kappa shape index (κ2) is 7.94. The highest BCUT2D eigenvalue weighted by molar-refractivity contribution is 9.10. The minimum atomic E-state index is -0.0390. The molecule has 0 radical (unpaired) electrons. The van der Waals surface area contributed by atoms with Crippen molar-refractivity contribution in [1.82, 2.24) is 0 Å². The lowest BCUT2D eigenvalue weighted by Gasteiger charge is -2.10. The summed E-state index contributed by atoms with van der Waals surface area (Å²) in [7, 11) is 0. The number of benzene rings is 2. The van der Waals surface area contributed by atoms with Crippen molar-refractivity contribution in [2.45, 2.75) is 18.2 Å². The zero-order chi connectivity index (χ0) is 16.9.